The number of allylic oxidation sites excluding steroid dienone is 5. The molecular weight excluding hydrogens is 240 g/mol. The van der Waals surface area contributed by atoms with Gasteiger partial charge in [0.2, 0.25) is 0 Å². The number of phenols is 1. The highest BCUT2D eigenvalue weighted by atomic mass is 28.3. The molecule has 3 heteroatoms. The van der Waals surface area contributed by atoms with Gasteiger partial charge in [0.25, 0.3) is 0 Å². The molecule has 1 aromatic rings. The molecule has 1 aliphatic heterocycles. The molecule has 0 bridgehead atoms. The van der Waals surface area contributed by atoms with Crippen LogP contribution in [0.15, 0.2) is 47.2 Å². The fraction of sp³-hybridized carbons (Fsp3) is 0.133. The number of carbonyl (C=O) groups is 1. The molecule has 0 radical (unpaired) electrons. The second-order valence-corrected chi connectivity index (χ2v) is 9.62. The molecule has 90 valence electrons. The lowest BCUT2D eigenvalue weighted by atomic mass is 10.0. The van der Waals surface area contributed by atoms with Crippen LogP contribution in [0.2, 0.25) is 13.1 Å². The Kier molecular flexibility index (Phi) is 2.22. The van der Waals surface area contributed by atoms with Crippen LogP contribution in [-0.2, 0) is 4.79 Å². The van der Waals surface area contributed by atoms with Crippen LogP contribution in [0, 0.1) is 0 Å². The Bertz CT molecular complexity index is 648. The molecular formula is C15H14O2Si. The number of hydrogen-bond acceptors (Lipinski definition) is 2. The van der Waals surface area contributed by atoms with E-state index in [2.05, 4.69) is 19.2 Å². The summed E-state index contributed by atoms with van der Waals surface area (Å²) in [7, 11) is -1.89. The SMILES string of the molecule is C[Si]1(C)C2=CC(=O)C=CC2=Cc2ccc(O)cc21. The molecule has 1 aliphatic carbocycles. The first-order valence-electron chi connectivity index (χ1n) is 5.98. The summed E-state index contributed by atoms with van der Waals surface area (Å²) in [5.41, 5.74) is 2.31. The fourth-order valence-electron chi connectivity index (χ4n) is 2.73. The molecule has 1 aromatic carbocycles. The normalized spacial score (nSPS) is 19.8. The third-order valence-electron chi connectivity index (χ3n) is 3.72. The standard InChI is InChI=1S/C15H14O2Si/c1-18(2)14-8-12(16)5-3-10(14)7-11-4-6-13(17)9-15(11)18/h3-9,16H,1-2H3. The third-order valence-corrected chi connectivity index (χ3v) is 7.28. The number of fused-ring (bicyclic) bond motifs is 2. The highest BCUT2D eigenvalue weighted by Crippen LogP contribution is 2.33. The van der Waals surface area contributed by atoms with Crippen molar-refractivity contribution < 1.29 is 9.90 Å². The summed E-state index contributed by atoms with van der Waals surface area (Å²) in [6.07, 6.45) is 7.38. The van der Waals surface area contributed by atoms with Gasteiger partial charge in [-0.25, -0.2) is 0 Å². The molecule has 0 atom stereocenters. The zero-order valence-corrected chi connectivity index (χ0v) is 11.4. The summed E-state index contributed by atoms with van der Waals surface area (Å²) >= 11 is 0. The molecule has 3 rings (SSSR count). The van der Waals surface area contributed by atoms with Gasteiger partial charge in [-0.15, -0.1) is 0 Å². The quantitative estimate of drug-likeness (QED) is 0.721. The van der Waals surface area contributed by atoms with Gasteiger partial charge in [0.15, 0.2) is 5.78 Å². The van der Waals surface area contributed by atoms with Crippen LogP contribution >= 0.6 is 0 Å². The maximum Gasteiger partial charge on any atom is 0.178 e. The van der Waals surface area contributed by atoms with Gasteiger partial charge in [0.05, 0.1) is 0 Å². The van der Waals surface area contributed by atoms with E-state index in [4.69, 9.17) is 0 Å². The van der Waals surface area contributed by atoms with Crippen molar-refractivity contribution in [2.24, 2.45) is 0 Å². The van der Waals surface area contributed by atoms with Crippen molar-refractivity contribution in [3.63, 3.8) is 0 Å². The number of carbonyl (C=O) groups excluding carboxylic acids is 1. The van der Waals surface area contributed by atoms with Crippen LogP contribution in [0.4, 0.5) is 0 Å². The summed E-state index contributed by atoms with van der Waals surface area (Å²) in [6.45, 7) is 4.44. The monoisotopic (exact) mass is 254 g/mol. The van der Waals surface area contributed by atoms with E-state index in [9.17, 15) is 9.90 Å². The Morgan fingerprint density at radius 2 is 1.89 bits per heavy atom. The molecule has 2 aliphatic rings. The number of phenolic OH excluding ortho intramolecular Hbond substituents is 1. The van der Waals surface area contributed by atoms with E-state index in [0.717, 1.165) is 16.3 Å². The van der Waals surface area contributed by atoms with Crippen LogP contribution in [-0.4, -0.2) is 19.0 Å². The lowest BCUT2D eigenvalue weighted by Gasteiger charge is -2.34. The average molecular weight is 254 g/mol. The minimum Gasteiger partial charge on any atom is -0.508 e. The van der Waals surface area contributed by atoms with Crippen molar-refractivity contribution in [3.8, 4) is 5.75 Å². The highest BCUT2D eigenvalue weighted by molar-refractivity contribution is 6.97. The molecule has 2 nitrogen and oxygen atoms in total. The van der Waals surface area contributed by atoms with Gasteiger partial charge in [0.1, 0.15) is 13.8 Å². The van der Waals surface area contributed by atoms with E-state index in [1.54, 1.807) is 18.2 Å². The molecule has 0 saturated carbocycles. The predicted octanol–water partition coefficient (Wildman–Crippen LogP) is 2.31. The second-order valence-electron chi connectivity index (χ2n) is 5.29. The minimum absolute atomic E-state index is 0.0614. The number of aromatic hydroxyl groups is 1. The Balaban J connectivity index is 2.30. The van der Waals surface area contributed by atoms with Crippen molar-refractivity contribution in [2.75, 3.05) is 0 Å². The Morgan fingerprint density at radius 3 is 2.67 bits per heavy atom. The van der Waals surface area contributed by atoms with E-state index in [1.807, 2.05) is 18.2 Å². The number of hydrogen-bond donors (Lipinski definition) is 1. The van der Waals surface area contributed by atoms with E-state index < -0.39 is 8.07 Å². The molecule has 1 heterocycles. The maximum absolute atomic E-state index is 11.6. The van der Waals surface area contributed by atoms with E-state index in [-0.39, 0.29) is 5.78 Å². The second kappa shape index (κ2) is 3.56. The average Bonchev–Trinajstić information content (AvgIpc) is 2.32. The highest BCUT2D eigenvalue weighted by Gasteiger charge is 2.36. The van der Waals surface area contributed by atoms with Crippen LogP contribution < -0.4 is 5.19 Å². The van der Waals surface area contributed by atoms with Crippen LogP contribution in [0.5, 0.6) is 5.75 Å². The summed E-state index contributed by atoms with van der Waals surface area (Å²) < 4.78 is 0. The van der Waals surface area contributed by atoms with Crippen LogP contribution in [0.1, 0.15) is 5.56 Å². The van der Waals surface area contributed by atoms with Crippen molar-refractivity contribution in [2.45, 2.75) is 13.1 Å². The topological polar surface area (TPSA) is 37.3 Å². The van der Waals surface area contributed by atoms with E-state index in [0.29, 0.717) is 5.75 Å². The van der Waals surface area contributed by atoms with Gasteiger partial charge in [-0.1, -0.05) is 25.2 Å². The predicted molar refractivity (Wildman–Crippen MR) is 75.4 cm³/mol. The molecule has 0 amide bonds. The van der Waals surface area contributed by atoms with Gasteiger partial charge >= 0.3 is 0 Å². The number of benzene rings is 1. The smallest absolute Gasteiger partial charge is 0.178 e. The zero-order chi connectivity index (χ0) is 12.9. The van der Waals surface area contributed by atoms with Crippen molar-refractivity contribution in [1.29, 1.82) is 0 Å². The molecule has 18 heavy (non-hydrogen) atoms. The zero-order valence-electron chi connectivity index (χ0n) is 10.4. The Labute approximate surface area is 107 Å². The third kappa shape index (κ3) is 1.51. The molecule has 0 aromatic heterocycles. The first-order valence-corrected chi connectivity index (χ1v) is 8.98. The van der Waals surface area contributed by atoms with Gasteiger partial charge in [-0.2, -0.15) is 0 Å². The first kappa shape index (κ1) is 11.2. The lowest BCUT2D eigenvalue weighted by molar-refractivity contribution is -0.110. The fourth-order valence-corrected chi connectivity index (χ4v) is 5.78. The summed E-state index contributed by atoms with van der Waals surface area (Å²) in [5, 5.41) is 12.0. The first-order chi connectivity index (χ1) is 8.48. The van der Waals surface area contributed by atoms with Crippen LogP contribution in [0.25, 0.3) is 6.08 Å². The number of rotatable bonds is 0. The van der Waals surface area contributed by atoms with E-state index >= 15 is 0 Å². The molecule has 0 saturated heterocycles. The van der Waals surface area contributed by atoms with Gasteiger partial charge in [-0.3, -0.25) is 4.79 Å². The van der Waals surface area contributed by atoms with Gasteiger partial charge in [-0.05, 0) is 51.9 Å². The maximum atomic E-state index is 11.6. The van der Waals surface area contributed by atoms with Crippen molar-refractivity contribution in [3.05, 3.63) is 52.8 Å². The summed E-state index contributed by atoms with van der Waals surface area (Å²) in [6, 6.07) is 5.51. The molecule has 0 unspecified atom stereocenters. The Morgan fingerprint density at radius 1 is 1.11 bits per heavy atom. The largest absolute Gasteiger partial charge is 0.508 e. The summed E-state index contributed by atoms with van der Waals surface area (Å²) in [5.74, 6) is 0.357. The number of ketones is 1. The van der Waals surface area contributed by atoms with Crippen LogP contribution in [0.3, 0.4) is 0 Å². The van der Waals surface area contributed by atoms with Gasteiger partial charge in [0, 0.05) is 0 Å². The Hall–Kier alpha value is -1.87. The van der Waals surface area contributed by atoms with Gasteiger partial charge < -0.3 is 5.11 Å². The van der Waals surface area contributed by atoms with Crippen molar-refractivity contribution in [1.82, 2.24) is 0 Å². The molecule has 0 fully saturated rings. The van der Waals surface area contributed by atoms with Crippen molar-refractivity contribution >= 4 is 25.1 Å². The minimum atomic E-state index is -1.89. The van der Waals surface area contributed by atoms with E-state index in [1.165, 1.54) is 5.19 Å². The summed E-state index contributed by atoms with van der Waals surface area (Å²) in [4.78, 5) is 11.6. The molecule has 1 N–H and O–H groups in total. The lowest BCUT2D eigenvalue weighted by Crippen LogP contribution is -2.48. The molecule has 0 spiro atoms.